The average molecular weight is 216 g/mol. The van der Waals surface area contributed by atoms with Crippen molar-refractivity contribution in [3.63, 3.8) is 0 Å². The zero-order valence-electron chi connectivity index (χ0n) is 9.57. The Labute approximate surface area is 94.9 Å². The normalized spacial score (nSPS) is 11.0. The maximum atomic E-state index is 5.54. The summed E-state index contributed by atoms with van der Waals surface area (Å²) < 4.78 is 0. The van der Waals surface area contributed by atoms with Crippen molar-refractivity contribution in [3.05, 3.63) is 35.7 Å². The Bertz CT molecular complexity index is 456. The van der Waals surface area contributed by atoms with E-state index in [1.165, 1.54) is 0 Å². The van der Waals surface area contributed by atoms with Crippen LogP contribution in [0.1, 0.15) is 31.2 Å². The van der Waals surface area contributed by atoms with Crippen molar-refractivity contribution >= 4 is 0 Å². The third kappa shape index (κ3) is 2.12. The van der Waals surface area contributed by atoms with Crippen LogP contribution >= 0.6 is 0 Å². The van der Waals surface area contributed by atoms with E-state index in [2.05, 4.69) is 29.0 Å². The lowest BCUT2D eigenvalue weighted by atomic mass is 10.1. The van der Waals surface area contributed by atoms with Gasteiger partial charge in [0.25, 0.3) is 0 Å². The largest absolute Gasteiger partial charge is 0.326 e. The van der Waals surface area contributed by atoms with Crippen LogP contribution in [0.5, 0.6) is 0 Å². The number of nitrogens with zero attached hydrogens (tertiary/aromatic N) is 2. The molecule has 0 amide bonds. The molecule has 0 radical (unpaired) electrons. The summed E-state index contributed by atoms with van der Waals surface area (Å²) in [6.07, 6.45) is 0. The summed E-state index contributed by atoms with van der Waals surface area (Å²) in [5, 5.41) is 7.14. The van der Waals surface area contributed by atoms with E-state index in [1.807, 2.05) is 24.3 Å². The second kappa shape index (κ2) is 4.45. The lowest BCUT2D eigenvalue weighted by Crippen LogP contribution is -1.95. The second-order valence-corrected chi connectivity index (χ2v) is 4.10. The highest BCUT2D eigenvalue weighted by atomic mass is 15.2. The first kappa shape index (κ1) is 10.8. The van der Waals surface area contributed by atoms with Gasteiger partial charge >= 0.3 is 0 Å². The Hall–Kier alpha value is -1.68. The molecule has 0 saturated carbocycles. The fourth-order valence-electron chi connectivity index (χ4n) is 1.45. The van der Waals surface area contributed by atoms with E-state index in [9.17, 15) is 0 Å². The highest BCUT2D eigenvalue weighted by Gasteiger charge is 2.07. The summed E-state index contributed by atoms with van der Waals surface area (Å²) in [4.78, 5) is 4.44. The molecule has 0 unspecified atom stereocenters. The van der Waals surface area contributed by atoms with Crippen LogP contribution in [0.2, 0.25) is 0 Å². The van der Waals surface area contributed by atoms with Crippen LogP contribution in [0.3, 0.4) is 0 Å². The first-order chi connectivity index (χ1) is 7.70. The summed E-state index contributed by atoms with van der Waals surface area (Å²) in [6, 6.07) is 7.99. The van der Waals surface area contributed by atoms with Crippen molar-refractivity contribution in [3.8, 4) is 11.4 Å². The number of benzene rings is 1. The average Bonchev–Trinajstić information content (AvgIpc) is 2.78. The Balaban J connectivity index is 2.28. The van der Waals surface area contributed by atoms with Crippen LogP contribution in [-0.4, -0.2) is 15.2 Å². The van der Waals surface area contributed by atoms with E-state index in [-0.39, 0.29) is 0 Å². The van der Waals surface area contributed by atoms with Crippen molar-refractivity contribution < 1.29 is 0 Å². The number of nitrogens with one attached hydrogen (secondary N) is 1. The maximum Gasteiger partial charge on any atom is 0.181 e. The Morgan fingerprint density at radius 3 is 2.44 bits per heavy atom. The van der Waals surface area contributed by atoms with E-state index >= 15 is 0 Å². The van der Waals surface area contributed by atoms with E-state index in [1.54, 1.807) is 0 Å². The van der Waals surface area contributed by atoms with Gasteiger partial charge in [-0.3, -0.25) is 5.10 Å². The molecule has 1 heterocycles. The predicted molar refractivity (Wildman–Crippen MR) is 63.8 cm³/mol. The minimum Gasteiger partial charge on any atom is -0.326 e. The quantitative estimate of drug-likeness (QED) is 0.825. The zero-order valence-corrected chi connectivity index (χ0v) is 9.57. The van der Waals surface area contributed by atoms with E-state index in [0.717, 1.165) is 22.8 Å². The van der Waals surface area contributed by atoms with Gasteiger partial charge in [-0.25, -0.2) is 4.98 Å². The van der Waals surface area contributed by atoms with Crippen LogP contribution in [0.15, 0.2) is 24.3 Å². The van der Waals surface area contributed by atoms with Crippen molar-refractivity contribution in [1.82, 2.24) is 15.2 Å². The highest BCUT2D eigenvalue weighted by Crippen LogP contribution is 2.17. The molecule has 1 aromatic heterocycles. The summed E-state index contributed by atoms with van der Waals surface area (Å²) >= 11 is 0. The van der Waals surface area contributed by atoms with Gasteiger partial charge in [-0.05, 0) is 5.56 Å². The first-order valence-electron chi connectivity index (χ1n) is 5.42. The number of aromatic amines is 1. The van der Waals surface area contributed by atoms with Crippen LogP contribution < -0.4 is 5.73 Å². The molecule has 0 aliphatic carbocycles. The number of hydrogen-bond acceptors (Lipinski definition) is 3. The molecule has 3 N–H and O–H groups in total. The number of nitrogens with two attached hydrogens (primary N) is 1. The molecular formula is C12H16N4. The molecule has 84 valence electrons. The van der Waals surface area contributed by atoms with Crippen molar-refractivity contribution in [2.75, 3.05) is 0 Å². The highest BCUT2D eigenvalue weighted by molar-refractivity contribution is 5.54. The SMILES string of the molecule is CC(C)c1nc(-c2ccc(CN)cc2)n[nH]1. The lowest BCUT2D eigenvalue weighted by Gasteiger charge is -1.98. The Morgan fingerprint density at radius 2 is 1.94 bits per heavy atom. The molecule has 1 aromatic carbocycles. The van der Waals surface area contributed by atoms with Gasteiger partial charge < -0.3 is 5.73 Å². The molecule has 4 heteroatoms. The van der Waals surface area contributed by atoms with Gasteiger partial charge in [0.1, 0.15) is 5.82 Å². The lowest BCUT2D eigenvalue weighted by molar-refractivity contribution is 0.781. The van der Waals surface area contributed by atoms with Gasteiger partial charge in [0.2, 0.25) is 0 Å². The minimum atomic E-state index is 0.365. The van der Waals surface area contributed by atoms with Gasteiger partial charge in [-0.2, -0.15) is 5.10 Å². The molecule has 2 rings (SSSR count). The third-order valence-electron chi connectivity index (χ3n) is 2.50. The van der Waals surface area contributed by atoms with Gasteiger partial charge in [0.05, 0.1) is 0 Å². The van der Waals surface area contributed by atoms with Crippen molar-refractivity contribution in [2.45, 2.75) is 26.3 Å². The number of rotatable bonds is 3. The number of H-pyrrole nitrogens is 1. The molecule has 4 nitrogen and oxygen atoms in total. The molecule has 0 aliphatic heterocycles. The first-order valence-corrected chi connectivity index (χ1v) is 5.42. The smallest absolute Gasteiger partial charge is 0.181 e. The predicted octanol–water partition coefficient (Wildman–Crippen LogP) is 2.05. The van der Waals surface area contributed by atoms with E-state index in [0.29, 0.717) is 12.5 Å². The van der Waals surface area contributed by atoms with E-state index in [4.69, 9.17) is 5.73 Å². The summed E-state index contributed by atoms with van der Waals surface area (Å²) in [6.45, 7) is 4.73. The fraction of sp³-hybridized carbons (Fsp3) is 0.333. The van der Waals surface area contributed by atoms with Crippen LogP contribution in [0, 0.1) is 0 Å². The van der Waals surface area contributed by atoms with Gasteiger partial charge in [-0.1, -0.05) is 38.1 Å². The van der Waals surface area contributed by atoms with Crippen molar-refractivity contribution in [1.29, 1.82) is 0 Å². The molecular weight excluding hydrogens is 200 g/mol. The van der Waals surface area contributed by atoms with Gasteiger partial charge in [-0.15, -0.1) is 0 Å². The number of hydrogen-bond donors (Lipinski definition) is 2. The maximum absolute atomic E-state index is 5.54. The van der Waals surface area contributed by atoms with Crippen LogP contribution in [0.4, 0.5) is 0 Å². The summed E-state index contributed by atoms with van der Waals surface area (Å²) in [5.41, 5.74) is 7.67. The third-order valence-corrected chi connectivity index (χ3v) is 2.50. The molecule has 2 aromatic rings. The molecule has 0 atom stereocenters. The molecule has 0 saturated heterocycles. The molecule has 0 fully saturated rings. The van der Waals surface area contributed by atoms with Crippen molar-refractivity contribution in [2.24, 2.45) is 5.73 Å². The molecule has 0 aliphatic rings. The minimum absolute atomic E-state index is 0.365. The van der Waals surface area contributed by atoms with Gasteiger partial charge in [0, 0.05) is 18.0 Å². The van der Waals surface area contributed by atoms with Crippen LogP contribution in [-0.2, 0) is 6.54 Å². The molecule has 0 spiro atoms. The Kier molecular flexibility index (Phi) is 3.01. The second-order valence-electron chi connectivity index (χ2n) is 4.10. The zero-order chi connectivity index (χ0) is 11.5. The molecule has 16 heavy (non-hydrogen) atoms. The Morgan fingerprint density at radius 1 is 1.25 bits per heavy atom. The summed E-state index contributed by atoms with van der Waals surface area (Å²) in [7, 11) is 0. The fourth-order valence-corrected chi connectivity index (χ4v) is 1.45. The number of aromatic nitrogens is 3. The van der Waals surface area contributed by atoms with E-state index < -0.39 is 0 Å². The topological polar surface area (TPSA) is 67.6 Å². The summed E-state index contributed by atoms with van der Waals surface area (Å²) in [5.74, 6) is 2.02. The monoisotopic (exact) mass is 216 g/mol. The molecule has 0 bridgehead atoms. The van der Waals surface area contributed by atoms with Gasteiger partial charge in [0.15, 0.2) is 5.82 Å². The van der Waals surface area contributed by atoms with Crippen LogP contribution in [0.25, 0.3) is 11.4 Å². The standard InChI is InChI=1S/C12H16N4/c1-8(2)11-14-12(16-15-11)10-5-3-9(7-13)4-6-10/h3-6,8H,7,13H2,1-2H3,(H,14,15,16).